The molecule has 6 heteroatoms. The number of rotatable bonds is 63. The Bertz CT molecular complexity index is 1450. The molecule has 0 aliphatic rings. The van der Waals surface area contributed by atoms with Crippen molar-refractivity contribution in [2.24, 2.45) is 0 Å². The van der Waals surface area contributed by atoms with Gasteiger partial charge in [0.2, 0.25) is 0 Å². The Morgan fingerprint density at radius 1 is 0.266 bits per heavy atom. The van der Waals surface area contributed by atoms with Crippen molar-refractivity contribution in [3.05, 3.63) is 72.9 Å². The molecule has 0 aliphatic heterocycles. The topological polar surface area (TPSA) is 78.9 Å². The van der Waals surface area contributed by atoms with Crippen LogP contribution in [0.3, 0.4) is 0 Å². The van der Waals surface area contributed by atoms with E-state index in [1.807, 2.05) is 0 Å². The molecule has 0 bridgehead atoms. The van der Waals surface area contributed by atoms with Crippen LogP contribution in [0.4, 0.5) is 0 Å². The fourth-order valence-corrected chi connectivity index (χ4v) is 10.0. The van der Waals surface area contributed by atoms with Crippen LogP contribution in [-0.4, -0.2) is 37.2 Å². The average Bonchev–Trinajstić information content (AvgIpc) is 3.45. The molecule has 0 saturated heterocycles. The SMILES string of the molecule is CC/C=C\C/C=C\C/C=C\C/C=C\CCCCC(=O)OCC(COC(=O)CCCCCCCCCCCCCCCCCCC/C=C\CCCCCCCCCC)OC(=O)CCCCCCCCC/C=C\CCCCCCCC. The lowest BCUT2D eigenvalue weighted by Gasteiger charge is -2.18. The van der Waals surface area contributed by atoms with E-state index in [0.29, 0.717) is 19.3 Å². The normalized spacial score (nSPS) is 12.5. The number of carbonyl (C=O) groups excluding carboxylic acids is 3. The molecular formula is C73H130O6. The first-order valence-corrected chi connectivity index (χ1v) is 34.4. The lowest BCUT2D eigenvalue weighted by molar-refractivity contribution is -0.167. The van der Waals surface area contributed by atoms with Crippen molar-refractivity contribution in [3.63, 3.8) is 0 Å². The van der Waals surface area contributed by atoms with Gasteiger partial charge < -0.3 is 14.2 Å². The standard InChI is InChI=1S/C73H130O6/c1-4-7-10-13-16-19-22-25-28-30-31-32-33-34-35-36-37-38-39-40-41-43-45-48-51-54-57-60-63-66-72(75)78-69-70(68-77-71(74)65-62-59-56-53-50-47-44-27-24-21-18-15-12-9-6-3)79-73(76)67-64-61-58-55-52-49-46-42-29-26-23-20-17-14-11-8-5-2/h9,12,18,21,26-27,29-31,44,50,53,70H,4-8,10-11,13-17,19-20,22-25,28,32-43,45-49,51-52,54-69H2,1-3H3/b12-9-,21-18-,29-26-,31-30-,44-27-,53-50-. The van der Waals surface area contributed by atoms with Crippen LogP contribution in [0.15, 0.2) is 72.9 Å². The zero-order valence-corrected chi connectivity index (χ0v) is 52.6. The first kappa shape index (κ1) is 75.8. The second-order valence-corrected chi connectivity index (χ2v) is 23.1. The number of esters is 3. The monoisotopic (exact) mass is 1100 g/mol. The molecule has 1 atom stereocenters. The predicted octanol–water partition coefficient (Wildman–Crippen LogP) is 23.7. The zero-order valence-electron chi connectivity index (χ0n) is 52.6. The van der Waals surface area contributed by atoms with Crippen molar-refractivity contribution in [2.45, 2.75) is 361 Å². The summed E-state index contributed by atoms with van der Waals surface area (Å²) in [6.45, 7) is 6.53. The Balaban J connectivity index is 4.25. The van der Waals surface area contributed by atoms with Gasteiger partial charge in [-0.25, -0.2) is 0 Å². The quantitative estimate of drug-likeness (QED) is 0.0261. The van der Waals surface area contributed by atoms with E-state index in [4.69, 9.17) is 14.2 Å². The molecule has 0 fully saturated rings. The van der Waals surface area contributed by atoms with Gasteiger partial charge in [-0.2, -0.15) is 0 Å². The average molecular weight is 1100 g/mol. The van der Waals surface area contributed by atoms with Crippen molar-refractivity contribution < 1.29 is 28.6 Å². The van der Waals surface area contributed by atoms with Crippen LogP contribution in [0.2, 0.25) is 0 Å². The van der Waals surface area contributed by atoms with Gasteiger partial charge >= 0.3 is 17.9 Å². The van der Waals surface area contributed by atoms with Crippen molar-refractivity contribution in [1.29, 1.82) is 0 Å². The summed E-state index contributed by atoms with van der Waals surface area (Å²) in [7, 11) is 0. The Morgan fingerprint density at radius 2 is 0.494 bits per heavy atom. The highest BCUT2D eigenvalue weighted by Gasteiger charge is 2.19. The number of ether oxygens (including phenoxy) is 3. The lowest BCUT2D eigenvalue weighted by atomic mass is 10.0. The Labute approximate surface area is 491 Å². The maximum absolute atomic E-state index is 12.9. The minimum atomic E-state index is -0.795. The zero-order chi connectivity index (χ0) is 57.1. The fraction of sp³-hybridized carbons (Fsp3) is 0.795. The van der Waals surface area contributed by atoms with Crippen LogP contribution >= 0.6 is 0 Å². The summed E-state index contributed by atoms with van der Waals surface area (Å²) in [4.78, 5) is 38.3. The first-order chi connectivity index (χ1) is 39.0. The highest BCUT2D eigenvalue weighted by molar-refractivity contribution is 5.71. The van der Waals surface area contributed by atoms with Crippen molar-refractivity contribution in [1.82, 2.24) is 0 Å². The number of carbonyl (C=O) groups is 3. The molecule has 0 aliphatic carbocycles. The lowest BCUT2D eigenvalue weighted by Crippen LogP contribution is -2.30. The van der Waals surface area contributed by atoms with Crippen LogP contribution in [0, 0.1) is 0 Å². The van der Waals surface area contributed by atoms with Gasteiger partial charge in [0.15, 0.2) is 6.10 Å². The molecule has 79 heavy (non-hydrogen) atoms. The third kappa shape index (κ3) is 65.5. The van der Waals surface area contributed by atoms with Gasteiger partial charge in [-0.1, -0.05) is 299 Å². The van der Waals surface area contributed by atoms with E-state index in [1.54, 1.807) is 0 Å². The molecule has 0 spiro atoms. The maximum atomic E-state index is 12.9. The van der Waals surface area contributed by atoms with Crippen LogP contribution in [0.5, 0.6) is 0 Å². The van der Waals surface area contributed by atoms with Gasteiger partial charge in [-0.05, 0) is 109 Å². The van der Waals surface area contributed by atoms with Crippen LogP contribution in [0.25, 0.3) is 0 Å². The second kappa shape index (κ2) is 67.4. The highest BCUT2D eigenvalue weighted by Crippen LogP contribution is 2.17. The number of hydrogen-bond donors (Lipinski definition) is 0. The Kier molecular flexibility index (Phi) is 64.7. The molecule has 6 nitrogen and oxygen atoms in total. The molecule has 1 unspecified atom stereocenters. The van der Waals surface area contributed by atoms with Crippen molar-refractivity contribution >= 4 is 17.9 Å². The maximum Gasteiger partial charge on any atom is 0.306 e. The number of allylic oxidation sites excluding steroid dienone is 12. The Hall–Kier alpha value is -3.15. The summed E-state index contributed by atoms with van der Waals surface area (Å²) in [6, 6.07) is 0. The van der Waals surface area contributed by atoms with Crippen LogP contribution < -0.4 is 0 Å². The predicted molar refractivity (Wildman–Crippen MR) is 344 cm³/mol. The summed E-state index contributed by atoms with van der Waals surface area (Å²) in [5, 5.41) is 0. The van der Waals surface area contributed by atoms with Gasteiger partial charge in [-0.3, -0.25) is 14.4 Å². The summed E-state index contributed by atoms with van der Waals surface area (Å²) in [5.74, 6) is -0.918. The van der Waals surface area contributed by atoms with Crippen LogP contribution in [-0.2, 0) is 28.6 Å². The molecular weight excluding hydrogens is 973 g/mol. The molecule has 0 aromatic rings. The van der Waals surface area contributed by atoms with Gasteiger partial charge in [0, 0.05) is 19.3 Å². The van der Waals surface area contributed by atoms with Gasteiger partial charge in [-0.15, -0.1) is 0 Å². The molecule has 0 aromatic carbocycles. The summed E-state index contributed by atoms with van der Waals surface area (Å²) < 4.78 is 16.9. The molecule has 0 saturated carbocycles. The highest BCUT2D eigenvalue weighted by atomic mass is 16.6. The number of hydrogen-bond acceptors (Lipinski definition) is 6. The van der Waals surface area contributed by atoms with Gasteiger partial charge in [0.1, 0.15) is 13.2 Å². The molecule has 0 N–H and O–H groups in total. The van der Waals surface area contributed by atoms with E-state index >= 15 is 0 Å². The molecule has 0 rings (SSSR count). The van der Waals surface area contributed by atoms with E-state index in [-0.39, 0.29) is 31.1 Å². The second-order valence-electron chi connectivity index (χ2n) is 23.1. The molecule has 0 amide bonds. The smallest absolute Gasteiger partial charge is 0.306 e. The summed E-state index contributed by atoms with van der Waals surface area (Å²) in [5.41, 5.74) is 0. The fourth-order valence-electron chi connectivity index (χ4n) is 10.0. The van der Waals surface area contributed by atoms with Crippen molar-refractivity contribution in [2.75, 3.05) is 13.2 Å². The summed E-state index contributed by atoms with van der Waals surface area (Å²) in [6.07, 6.45) is 88.0. The number of unbranched alkanes of at least 4 members (excludes halogenated alkanes) is 40. The molecule has 0 aromatic heterocycles. The largest absolute Gasteiger partial charge is 0.462 e. The third-order valence-corrected chi connectivity index (χ3v) is 15.2. The van der Waals surface area contributed by atoms with Crippen LogP contribution in [0.1, 0.15) is 355 Å². The van der Waals surface area contributed by atoms with E-state index in [2.05, 4.69) is 93.7 Å². The first-order valence-electron chi connectivity index (χ1n) is 34.4. The molecule has 0 radical (unpaired) electrons. The van der Waals surface area contributed by atoms with E-state index in [0.717, 1.165) is 83.5 Å². The van der Waals surface area contributed by atoms with E-state index < -0.39 is 6.10 Å². The summed E-state index contributed by atoms with van der Waals surface area (Å²) >= 11 is 0. The minimum absolute atomic E-state index is 0.0876. The molecule has 458 valence electrons. The van der Waals surface area contributed by atoms with Gasteiger partial charge in [0.25, 0.3) is 0 Å². The molecule has 0 heterocycles. The van der Waals surface area contributed by atoms with Gasteiger partial charge in [0.05, 0.1) is 0 Å². The van der Waals surface area contributed by atoms with E-state index in [9.17, 15) is 14.4 Å². The van der Waals surface area contributed by atoms with E-state index in [1.165, 1.54) is 231 Å². The minimum Gasteiger partial charge on any atom is -0.462 e. The Morgan fingerprint density at radius 3 is 0.810 bits per heavy atom. The third-order valence-electron chi connectivity index (χ3n) is 15.2. The van der Waals surface area contributed by atoms with Crippen molar-refractivity contribution in [3.8, 4) is 0 Å².